The average Bonchev–Trinajstić information content (AvgIpc) is 2.56. The van der Waals surface area contributed by atoms with Crippen LogP contribution in [0.5, 0.6) is 0 Å². The van der Waals surface area contributed by atoms with Crippen molar-refractivity contribution in [1.29, 1.82) is 0 Å². The lowest BCUT2D eigenvalue weighted by Crippen LogP contribution is -2.30. The third-order valence-corrected chi connectivity index (χ3v) is 3.45. The summed E-state index contributed by atoms with van der Waals surface area (Å²) in [7, 11) is 0. The predicted octanol–water partition coefficient (Wildman–Crippen LogP) is 4.10. The van der Waals surface area contributed by atoms with Crippen LogP contribution in [0.1, 0.15) is 29.7 Å². The Kier molecular flexibility index (Phi) is 5.98. The van der Waals surface area contributed by atoms with Gasteiger partial charge in [-0.2, -0.15) is 13.2 Å². The summed E-state index contributed by atoms with van der Waals surface area (Å²) < 4.78 is 43.0. The lowest BCUT2D eigenvalue weighted by Gasteiger charge is -2.18. The normalized spacial score (nSPS) is 12.7. The zero-order valence-electron chi connectivity index (χ0n) is 13.1. The molecule has 0 aliphatic rings. The van der Waals surface area contributed by atoms with Gasteiger partial charge in [0.15, 0.2) is 0 Å². The Labute approximate surface area is 138 Å². The van der Waals surface area contributed by atoms with Crippen molar-refractivity contribution in [2.24, 2.45) is 0 Å². The monoisotopic (exact) mass is 337 g/mol. The zero-order chi connectivity index (χ0) is 17.6. The van der Waals surface area contributed by atoms with Gasteiger partial charge in [-0.25, -0.2) is 4.79 Å². The third-order valence-electron chi connectivity index (χ3n) is 3.45. The first-order valence-electron chi connectivity index (χ1n) is 7.53. The van der Waals surface area contributed by atoms with E-state index in [0.717, 1.165) is 17.7 Å². The smallest absolute Gasteiger partial charge is 0.416 e. The first-order valence-corrected chi connectivity index (χ1v) is 7.53. The number of carbonyl (C=O) groups is 1. The lowest BCUT2D eigenvalue weighted by atomic mass is 10.0. The summed E-state index contributed by atoms with van der Waals surface area (Å²) in [6.07, 6.45) is -4.41. The first kappa shape index (κ1) is 18.0. The van der Waals surface area contributed by atoms with Gasteiger partial charge in [-0.05, 0) is 30.2 Å². The van der Waals surface area contributed by atoms with E-state index in [4.69, 9.17) is 4.74 Å². The molecule has 0 saturated carbocycles. The number of ether oxygens (including phenoxy) is 1. The van der Waals surface area contributed by atoms with Crippen LogP contribution in [0.4, 0.5) is 13.2 Å². The minimum Gasteiger partial charge on any atom is -0.465 e. The van der Waals surface area contributed by atoms with E-state index in [2.05, 4.69) is 5.32 Å². The maximum absolute atomic E-state index is 12.7. The van der Waals surface area contributed by atoms with E-state index in [1.807, 2.05) is 30.3 Å². The molecule has 0 heterocycles. The molecule has 0 saturated heterocycles. The molecule has 0 spiro atoms. The largest absolute Gasteiger partial charge is 0.465 e. The highest BCUT2D eigenvalue weighted by molar-refractivity contribution is 5.77. The Balaban J connectivity index is 2.17. The number of benzene rings is 2. The molecule has 0 aromatic heterocycles. The maximum Gasteiger partial charge on any atom is 0.416 e. The number of hydrogen-bond donors (Lipinski definition) is 1. The van der Waals surface area contributed by atoms with Crippen molar-refractivity contribution in [3.63, 3.8) is 0 Å². The van der Waals surface area contributed by atoms with E-state index in [1.54, 1.807) is 6.92 Å². The summed E-state index contributed by atoms with van der Waals surface area (Å²) in [6, 6.07) is 13.1. The minimum absolute atomic E-state index is 0.197. The molecule has 128 valence electrons. The van der Waals surface area contributed by atoms with Gasteiger partial charge in [0.1, 0.15) is 6.04 Å². The number of halogens is 3. The molecule has 0 amide bonds. The van der Waals surface area contributed by atoms with Gasteiger partial charge in [0, 0.05) is 6.54 Å². The molecular formula is C18H18F3NO2. The predicted molar refractivity (Wildman–Crippen MR) is 84.1 cm³/mol. The van der Waals surface area contributed by atoms with E-state index in [0.29, 0.717) is 12.1 Å². The van der Waals surface area contributed by atoms with Gasteiger partial charge in [-0.3, -0.25) is 5.32 Å². The van der Waals surface area contributed by atoms with Gasteiger partial charge in [0.05, 0.1) is 12.2 Å². The maximum atomic E-state index is 12.7. The van der Waals surface area contributed by atoms with Crippen molar-refractivity contribution in [3.05, 3.63) is 71.3 Å². The van der Waals surface area contributed by atoms with Crippen LogP contribution in [0.3, 0.4) is 0 Å². The quantitative estimate of drug-likeness (QED) is 0.807. The van der Waals surface area contributed by atoms with Crippen LogP contribution in [0.25, 0.3) is 0 Å². The number of esters is 1. The molecule has 2 rings (SSSR count). The Morgan fingerprint density at radius 2 is 1.71 bits per heavy atom. The van der Waals surface area contributed by atoms with Crippen molar-refractivity contribution < 1.29 is 22.7 Å². The van der Waals surface area contributed by atoms with Crippen molar-refractivity contribution in [2.45, 2.75) is 25.7 Å². The molecule has 2 aromatic carbocycles. The summed E-state index contributed by atoms with van der Waals surface area (Å²) in [4.78, 5) is 12.1. The zero-order valence-corrected chi connectivity index (χ0v) is 13.1. The van der Waals surface area contributed by atoms with Crippen LogP contribution < -0.4 is 5.32 Å². The average molecular weight is 337 g/mol. The highest BCUT2D eigenvalue weighted by atomic mass is 19.4. The fourth-order valence-electron chi connectivity index (χ4n) is 2.24. The van der Waals surface area contributed by atoms with E-state index in [9.17, 15) is 18.0 Å². The molecule has 0 radical (unpaired) electrons. The van der Waals surface area contributed by atoms with Crippen LogP contribution in [0.15, 0.2) is 54.6 Å². The number of carbonyl (C=O) groups excluding carboxylic acids is 1. The van der Waals surface area contributed by atoms with Gasteiger partial charge < -0.3 is 4.74 Å². The van der Waals surface area contributed by atoms with Crippen LogP contribution in [-0.2, 0) is 22.3 Å². The second-order valence-corrected chi connectivity index (χ2v) is 5.17. The summed E-state index contributed by atoms with van der Waals surface area (Å²) in [5.41, 5.74) is 0.632. The minimum atomic E-state index is -4.41. The topological polar surface area (TPSA) is 38.3 Å². The van der Waals surface area contributed by atoms with E-state index in [-0.39, 0.29) is 6.61 Å². The Morgan fingerprint density at radius 3 is 2.25 bits per heavy atom. The van der Waals surface area contributed by atoms with Gasteiger partial charge in [0.25, 0.3) is 0 Å². The Morgan fingerprint density at radius 1 is 1.08 bits per heavy atom. The van der Waals surface area contributed by atoms with Crippen LogP contribution in [0.2, 0.25) is 0 Å². The molecule has 3 nitrogen and oxygen atoms in total. The fourth-order valence-corrected chi connectivity index (χ4v) is 2.24. The van der Waals surface area contributed by atoms with Crippen molar-refractivity contribution >= 4 is 5.97 Å². The molecule has 0 fully saturated rings. The summed E-state index contributed by atoms with van der Waals surface area (Å²) in [5.74, 6) is -0.520. The molecule has 0 bridgehead atoms. The third kappa shape index (κ3) is 4.83. The Bertz CT molecular complexity index is 654. The van der Waals surface area contributed by atoms with Crippen molar-refractivity contribution in [1.82, 2.24) is 5.32 Å². The van der Waals surface area contributed by atoms with Crippen molar-refractivity contribution in [2.75, 3.05) is 6.61 Å². The van der Waals surface area contributed by atoms with E-state index >= 15 is 0 Å². The number of hydrogen-bond acceptors (Lipinski definition) is 3. The lowest BCUT2D eigenvalue weighted by molar-refractivity contribution is -0.145. The molecule has 6 heteroatoms. The molecule has 2 aromatic rings. The number of rotatable bonds is 6. The number of nitrogens with one attached hydrogen (secondary N) is 1. The van der Waals surface area contributed by atoms with Gasteiger partial charge in [-0.1, -0.05) is 42.5 Å². The van der Waals surface area contributed by atoms with Gasteiger partial charge in [0.2, 0.25) is 0 Å². The molecule has 0 aliphatic heterocycles. The van der Waals surface area contributed by atoms with Crippen LogP contribution >= 0.6 is 0 Å². The summed E-state index contributed by atoms with van der Waals surface area (Å²) in [6.45, 7) is 2.27. The molecule has 24 heavy (non-hydrogen) atoms. The second kappa shape index (κ2) is 7.97. The highest BCUT2D eigenvalue weighted by Gasteiger charge is 2.31. The van der Waals surface area contributed by atoms with Crippen LogP contribution in [0, 0.1) is 0 Å². The standard InChI is InChI=1S/C18H18F3NO2/c1-2-24-17(23)16(22-12-13-6-4-3-5-7-13)14-8-10-15(11-9-14)18(19,20)21/h3-11,16,22H,2,12H2,1H3. The fraction of sp³-hybridized carbons (Fsp3) is 0.278. The van der Waals surface area contributed by atoms with Gasteiger partial charge in [-0.15, -0.1) is 0 Å². The van der Waals surface area contributed by atoms with Crippen LogP contribution in [-0.4, -0.2) is 12.6 Å². The molecular weight excluding hydrogens is 319 g/mol. The Hall–Kier alpha value is -2.34. The molecule has 0 aliphatic carbocycles. The van der Waals surface area contributed by atoms with E-state index in [1.165, 1.54) is 12.1 Å². The molecule has 1 unspecified atom stereocenters. The highest BCUT2D eigenvalue weighted by Crippen LogP contribution is 2.30. The molecule has 1 atom stereocenters. The first-order chi connectivity index (χ1) is 11.4. The number of alkyl halides is 3. The van der Waals surface area contributed by atoms with Gasteiger partial charge >= 0.3 is 12.1 Å². The SMILES string of the molecule is CCOC(=O)C(NCc1ccccc1)c1ccc(C(F)(F)F)cc1. The van der Waals surface area contributed by atoms with Crippen molar-refractivity contribution in [3.8, 4) is 0 Å². The molecule has 1 N–H and O–H groups in total. The summed E-state index contributed by atoms with van der Waals surface area (Å²) in [5, 5.41) is 3.04. The second-order valence-electron chi connectivity index (χ2n) is 5.17. The van der Waals surface area contributed by atoms with E-state index < -0.39 is 23.8 Å². The summed E-state index contributed by atoms with van der Waals surface area (Å²) >= 11 is 0.